The second kappa shape index (κ2) is 5.25. The smallest absolute Gasteiger partial charge is 0.139 e. The van der Waals surface area contributed by atoms with E-state index >= 15 is 0 Å². The molecule has 0 saturated heterocycles. The first-order valence-electron chi connectivity index (χ1n) is 9.84. The fraction of sp³-hybridized carbons (Fsp3) is 0.857. The number of hydrogen-bond donors (Lipinski definition) is 0. The van der Waals surface area contributed by atoms with E-state index in [1.165, 1.54) is 0 Å². The van der Waals surface area contributed by atoms with Gasteiger partial charge in [-0.05, 0) is 68.6 Å². The minimum atomic E-state index is -0.239. The summed E-state index contributed by atoms with van der Waals surface area (Å²) in [4.78, 5) is 37.4. The minimum Gasteiger partial charge on any atom is -0.300 e. The third-order valence-corrected chi connectivity index (χ3v) is 8.75. The monoisotopic (exact) mass is 330 g/mol. The van der Waals surface area contributed by atoms with E-state index in [9.17, 15) is 14.4 Å². The highest BCUT2D eigenvalue weighted by molar-refractivity contribution is 5.90. The zero-order chi connectivity index (χ0) is 17.3. The Morgan fingerprint density at radius 3 is 2.50 bits per heavy atom. The van der Waals surface area contributed by atoms with Gasteiger partial charge in [0.25, 0.3) is 0 Å². The summed E-state index contributed by atoms with van der Waals surface area (Å²) in [7, 11) is 0. The standard InChI is InChI=1S/C21H30O3/c1-12(22)13-6-8-20(2)14(10-13)11-17(23)19-15-4-5-18(24)21(15,3)9-7-16(19)20/h13-16,19H,4-11H2,1-3H3/t13-,14+,15+,16-,19-,20-,21-/m0/s1. The third-order valence-electron chi connectivity index (χ3n) is 8.75. The predicted octanol–water partition coefficient (Wildman–Crippen LogP) is 3.98. The van der Waals surface area contributed by atoms with Crippen LogP contribution in [0.3, 0.4) is 0 Å². The summed E-state index contributed by atoms with van der Waals surface area (Å²) in [5.41, 5.74) is -0.0475. The fourth-order valence-corrected chi connectivity index (χ4v) is 7.07. The number of carbonyl (C=O) groups excluding carboxylic acids is 3. The predicted molar refractivity (Wildman–Crippen MR) is 91.3 cm³/mol. The van der Waals surface area contributed by atoms with E-state index in [0.29, 0.717) is 42.0 Å². The van der Waals surface area contributed by atoms with Crippen molar-refractivity contribution < 1.29 is 14.4 Å². The molecule has 4 aliphatic rings. The van der Waals surface area contributed by atoms with Gasteiger partial charge in [0.15, 0.2) is 0 Å². The quantitative estimate of drug-likeness (QED) is 0.730. The van der Waals surface area contributed by atoms with Crippen LogP contribution < -0.4 is 0 Å². The summed E-state index contributed by atoms with van der Waals surface area (Å²) in [5.74, 6) is 2.43. The molecule has 0 aromatic heterocycles. The van der Waals surface area contributed by atoms with Gasteiger partial charge in [-0.2, -0.15) is 0 Å². The van der Waals surface area contributed by atoms with Crippen molar-refractivity contribution in [3.63, 3.8) is 0 Å². The highest BCUT2D eigenvalue weighted by Crippen LogP contribution is 2.64. The lowest BCUT2D eigenvalue weighted by molar-refractivity contribution is -0.159. The first-order chi connectivity index (χ1) is 11.3. The summed E-state index contributed by atoms with van der Waals surface area (Å²) < 4.78 is 0. The molecule has 0 N–H and O–H groups in total. The molecular weight excluding hydrogens is 300 g/mol. The van der Waals surface area contributed by atoms with E-state index in [0.717, 1.165) is 38.5 Å². The fourth-order valence-electron chi connectivity index (χ4n) is 7.07. The number of carbonyl (C=O) groups is 3. The Morgan fingerprint density at radius 2 is 1.79 bits per heavy atom. The maximum absolute atomic E-state index is 13.1. The van der Waals surface area contributed by atoms with E-state index in [4.69, 9.17) is 0 Å². The Balaban J connectivity index is 1.66. The summed E-state index contributed by atoms with van der Waals surface area (Å²) in [6.07, 6.45) is 7.18. The molecule has 4 aliphatic carbocycles. The summed E-state index contributed by atoms with van der Waals surface area (Å²) in [6, 6.07) is 0. The molecule has 132 valence electrons. The Labute approximate surface area is 144 Å². The number of rotatable bonds is 1. The van der Waals surface area contributed by atoms with Gasteiger partial charge in [0.1, 0.15) is 17.3 Å². The van der Waals surface area contributed by atoms with E-state index in [1.54, 1.807) is 6.92 Å². The van der Waals surface area contributed by atoms with Crippen LogP contribution in [0.1, 0.15) is 72.1 Å². The highest BCUT2D eigenvalue weighted by Gasteiger charge is 2.62. The van der Waals surface area contributed by atoms with Crippen molar-refractivity contribution in [2.24, 2.45) is 40.4 Å². The Morgan fingerprint density at radius 1 is 1.04 bits per heavy atom. The van der Waals surface area contributed by atoms with Gasteiger partial charge < -0.3 is 0 Å². The summed E-state index contributed by atoms with van der Waals surface area (Å²) >= 11 is 0. The van der Waals surface area contributed by atoms with Crippen LogP contribution >= 0.6 is 0 Å². The van der Waals surface area contributed by atoms with Crippen LogP contribution in [0.15, 0.2) is 0 Å². The van der Waals surface area contributed by atoms with Gasteiger partial charge in [0.05, 0.1) is 0 Å². The van der Waals surface area contributed by atoms with Crippen LogP contribution in [0.25, 0.3) is 0 Å². The molecule has 0 unspecified atom stereocenters. The molecule has 0 radical (unpaired) electrons. The number of fused-ring (bicyclic) bond motifs is 5. The van der Waals surface area contributed by atoms with Crippen molar-refractivity contribution in [1.29, 1.82) is 0 Å². The second-order valence-corrected chi connectivity index (χ2v) is 9.61. The van der Waals surface area contributed by atoms with Crippen LogP contribution in [0.4, 0.5) is 0 Å². The zero-order valence-electron chi connectivity index (χ0n) is 15.3. The SMILES string of the molecule is CC(=O)[C@H]1CC[C@@]2(C)[C@@H](CC(=O)[C@H]3[C@H]4CCC(=O)[C@@]4(C)CC[C@@H]32)C1. The summed E-state index contributed by atoms with van der Waals surface area (Å²) in [6.45, 7) is 6.21. The van der Waals surface area contributed by atoms with Gasteiger partial charge in [-0.25, -0.2) is 0 Å². The van der Waals surface area contributed by atoms with Gasteiger partial charge in [-0.3, -0.25) is 14.4 Å². The molecule has 3 nitrogen and oxygen atoms in total. The van der Waals surface area contributed by atoms with Crippen molar-refractivity contribution in [2.45, 2.75) is 72.1 Å². The lowest BCUT2D eigenvalue weighted by Crippen LogP contribution is -2.57. The van der Waals surface area contributed by atoms with E-state index < -0.39 is 0 Å². The molecule has 4 rings (SSSR count). The first kappa shape index (κ1) is 16.5. The first-order valence-corrected chi connectivity index (χ1v) is 9.84. The topological polar surface area (TPSA) is 51.2 Å². The third kappa shape index (κ3) is 2.05. The number of ketones is 3. The molecule has 0 aliphatic heterocycles. The Bertz CT molecular complexity index is 608. The van der Waals surface area contributed by atoms with Gasteiger partial charge in [-0.15, -0.1) is 0 Å². The molecular formula is C21H30O3. The Kier molecular flexibility index (Phi) is 3.61. The largest absolute Gasteiger partial charge is 0.300 e. The van der Waals surface area contributed by atoms with Crippen LogP contribution in [-0.4, -0.2) is 17.3 Å². The van der Waals surface area contributed by atoms with Gasteiger partial charge in [0, 0.05) is 30.1 Å². The van der Waals surface area contributed by atoms with Gasteiger partial charge >= 0.3 is 0 Å². The lowest BCUT2D eigenvalue weighted by atomic mass is 9.44. The number of Topliss-reactive ketones (excluding diaryl/α,β-unsaturated/α-hetero) is 3. The van der Waals surface area contributed by atoms with Gasteiger partial charge in [0.2, 0.25) is 0 Å². The van der Waals surface area contributed by atoms with Crippen molar-refractivity contribution in [3.05, 3.63) is 0 Å². The van der Waals surface area contributed by atoms with Crippen molar-refractivity contribution >= 4 is 17.3 Å². The minimum absolute atomic E-state index is 0.102. The Hall–Kier alpha value is -0.990. The molecule has 0 aromatic rings. The molecule has 0 spiro atoms. The molecule has 4 saturated carbocycles. The van der Waals surface area contributed by atoms with E-state index in [1.807, 2.05) is 0 Å². The average Bonchev–Trinajstić information content (AvgIpc) is 2.83. The van der Waals surface area contributed by atoms with Crippen molar-refractivity contribution in [3.8, 4) is 0 Å². The second-order valence-electron chi connectivity index (χ2n) is 9.61. The van der Waals surface area contributed by atoms with Crippen LogP contribution in [0.5, 0.6) is 0 Å². The molecule has 24 heavy (non-hydrogen) atoms. The van der Waals surface area contributed by atoms with E-state index in [-0.39, 0.29) is 28.6 Å². The van der Waals surface area contributed by atoms with Crippen LogP contribution in [-0.2, 0) is 14.4 Å². The molecule has 4 fully saturated rings. The molecule has 0 amide bonds. The molecule has 0 heterocycles. The molecule has 0 aromatic carbocycles. The molecule has 3 heteroatoms. The molecule has 7 atom stereocenters. The highest BCUT2D eigenvalue weighted by atomic mass is 16.1. The van der Waals surface area contributed by atoms with Gasteiger partial charge in [-0.1, -0.05) is 13.8 Å². The van der Waals surface area contributed by atoms with Crippen molar-refractivity contribution in [2.75, 3.05) is 0 Å². The number of hydrogen-bond acceptors (Lipinski definition) is 3. The zero-order valence-corrected chi connectivity index (χ0v) is 15.3. The maximum atomic E-state index is 13.1. The molecule has 0 bridgehead atoms. The van der Waals surface area contributed by atoms with Crippen molar-refractivity contribution in [1.82, 2.24) is 0 Å². The van der Waals surface area contributed by atoms with Crippen LogP contribution in [0.2, 0.25) is 0 Å². The normalized spacial score (nSPS) is 50.9. The van der Waals surface area contributed by atoms with E-state index in [2.05, 4.69) is 13.8 Å². The average molecular weight is 330 g/mol. The maximum Gasteiger partial charge on any atom is 0.139 e. The lowest BCUT2D eigenvalue weighted by Gasteiger charge is -2.59. The summed E-state index contributed by atoms with van der Waals surface area (Å²) in [5, 5.41) is 0. The van der Waals surface area contributed by atoms with Crippen LogP contribution in [0, 0.1) is 40.4 Å².